The Morgan fingerprint density at radius 3 is 2.46 bits per heavy atom. The smallest absolute Gasteiger partial charge is 0.263 e. The lowest BCUT2D eigenvalue weighted by molar-refractivity contribution is -0.128. The number of para-hydroxylation sites is 2. The Morgan fingerprint density at radius 2 is 1.79 bits per heavy atom. The van der Waals surface area contributed by atoms with Crippen LogP contribution in [0.15, 0.2) is 36.4 Å². The topological polar surface area (TPSA) is 75.7 Å². The van der Waals surface area contributed by atoms with Crippen molar-refractivity contribution in [2.24, 2.45) is 0 Å². The molecule has 0 fully saturated rings. The third kappa shape index (κ3) is 3.99. The Labute approximate surface area is 166 Å². The van der Waals surface area contributed by atoms with E-state index in [0.717, 1.165) is 22.9 Å². The van der Waals surface area contributed by atoms with E-state index >= 15 is 0 Å². The molecule has 0 aromatic heterocycles. The fourth-order valence-corrected chi connectivity index (χ4v) is 4.40. The minimum Gasteiger partial charge on any atom is -0.476 e. The Bertz CT molecular complexity index is 1020. The van der Waals surface area contributed by atoms with Gasteiger partial charge in [-0.3, -0.25) is 9.10 Å². The summed E-state index contributed by atoms with van der Waals surface area (Å²) in [5.74, 6) is 0.0441. The van der Waals surface area contributed by atoms with Crippen LogP contribution in [0.25, 0.3) is 0 Å². The van der Waals surface area contributed by atoms with E-state index in [1.807, 2.05) is 20.8 Å². The van der Waals surface area contributed by atoms with Gasteiger partial charge in [-0.05, 0) is 62.1 Å². The molecule has 2 aromatic rings. The molecule has 1 amide bonds. The van der Waals surface area contributed by atoms with E-state index in [4.69, 9.17) is 4.74 Å². The normalized spacial score (nSPS) is 17.5. The first-order valence-electron chi connectivity index (χ1n) is 9.19. The second-order valence-corrected chi connectivity index (χ2v) is 9.30. The van der Waals surface area contributed by atoms with Gasteiger partial charge in [-0.15, -0.1) is 0 Å². The van der Waals surface area contributed by atoms with Gasteiger partial charge in [0.25, 0.3) is 5.91 Å². The average molecular weight is 403 g/mol. The van der Waals surface area contributed by atoms with E-state index in [0.29, 0.717) is 11.4 Å². The quantitative estimate of drug-likeness (QED) is 0.853. The van der Waals surface area contributed by atoms with Crippen LogP contribution in [0.5, 0.6) is 5.75 Å². The van der Waals surface area contributed by atoms with Crippen molar-refractivity contribution < 1.29 is 17.9 Å². The second-order valence-electron chi connectivity index (χ2n) is 7.39. The molecule has 0 saturated carbocycles. The predicted octanol–water partition coefficient (Wildman–Crippen LogP) is 3.02. The second kappa shape index (κ2) is 7.47. The number of benzene rings is 2. The maximum absolute atomic E-state index is 12.9. The molecular weight excluding hydrogens is 376 g/mol. The number of rotatable bonds is 4. The van der Waals surface area contributed by atoms with Crippen LogP contribution in [0.4, 0.5) is 5.69 Å². The number of amides is 1. The number of hydrogen-bond donors (Lipinski definition) is 1. The summed E-state index contributed by atoms with van der Waals surface area (Å²) in [7, 11) is -3.53. The summed E-state index contributed by atoms with van der Waals surface area (Å²) >= 11 is 0. The molecule has 2 aromatic carbocycles. The fraction of sp³-hybridized carbons (Fsp3) is 0.381. The molecule has 1 aliphatic heterocycles. The summed E-state index contributed by atoms with van der Waals surface area (Å²) in [4.78, 5) is 12.9. The maximum Gasteiger partial charge on any atom is 0.263 e. The molecule has 6 nitrogen and oxygen atoms in total. The molecule has 150 valence electrons. The molecule has 0 radical (unpaired) electrons. The van der Waals surface area contributed by atoms with Gasteiger partial charge >= 0.3 is 0 Å². The van der Waals surface area contributed by atoms with Crippen molar-refractivity contribution >= 4 is 21.6 Å². The Morgan fingerprint density at radius 1 is 1.14 bits per heavy atom. The summed E-state index contributed by atoms with van der Waals surface area (Å²) in [5.41, 5.74) is 4.95. The van der Waals surface area contributed by atoms with Crippen LogP contribution in [0.1, 0.15) is 35.2 Å². The summed E-state index contributed by atoms with van der Waals surface area (Å²) in [6.45, 7) is 7.98. The van der Waals surface area contributed by atoms with Gasteiger partial charge in [0.1, 0.15) is 5.75 Å². The SMILES string of the molecule is Cc1cc(C)c([C@@H](C)NC(=O)[C@@H]2CN(S(C)(=O)=O)c3ccccc3O2)cc1C. The van der Waals surface area contributed by atoms with Gasteiger partial charge in [0.15, 0.2) is 6.10 Å². The molecular formula is C21H26N2O4S. The van der Waals surface area contributed by atoms with E-state index in [1.54, 1.807) is 24.3 Å². The molecule has 3 rings (SSSR count). The highest BCUT2D eigenvalue weighted by atomic mass is 32.2. The maximum atomic E-state index is 12.9. The Kier molecular flexibility index (Phi) is 5.39. The summed E-state index contributed by atoms with van der Waals surface area (Å²) in [6, 6.07) is 10.8. The van der Waals surface area contributed by atoms with E-state index in [-0.39, 0.29) is 18.5 Å². The first-order chi connectivity index (χ1) is 13.1. The van der Waals surface area contributed by atoms with E-state index in [2.05, 4.69) is 24.4 Å². The number of hydrogen-bond acceptors (Lipinski definition) is 4. The van der Waals surface area contributed by atoms with Crippen LogP contribution < -0.4 is 14.4 Å². The summed E-state index contributed by atoms with van der Waals surface area (Å²) < 4.78 is 31.5. The third-order valence-electron chi connectivity index (χ3n) is 5.14. The number of nitrogens with one attached hydrogen (secondary N) is 1. The van der Waals surface area contributed by atoms with Crippen LogP contribution >= 0.6 is 0 Å². The Balaban J connectivity index is 1.83. The number of fused-ring (bicyclic) bond motifs is 1. The van der Waals surface area contributed by atoms with Crippen molar-refractivity contribution in [3.8, 4) is 5.75 Å². The highest BCUT2D eigenvalue weighted by Crippen LogP contribution is 2.34. The lowest BCUT2D eigenvalue weighted by atomic mass is 9.96. The lowest BCUT2D eigenvalue weighted by Gasteiger charge is -2.34. The zero-order valence-electron chi connectivity index (χ0n) is 16.8. The fourth-order valence-electron chi connectivity index (χ4n) is 3.49. The largest absolute Gasteiger partial charge is 0.476 e. The number of sulfonamides is 1. The van der Waals surface area contributed by atoms with Gasteiger partial charge in [-0.1, -0.05) is 24.3 Å². The number of nitrogens with zero attached hydrogens (tertiary/aromatic N) is 1. The first kappa shape index (κ1) is 20.2. The first-order valence-corrected chi connectivity index (χ1v) is 11.0. The highest BCUT2D eigenvalue weighted by molar-refractivity contribution is 7.92. The van der Waals surface area contributed by atoms with Gasteiger partial charge in [-0.25, -0.2) is 8.42 Å². The van der Waals surface area contributed by atoms with Crippen LogP contribution in [0.2, 0.25) is 0 Å². The van der Waals surface area contributed by atoms with Gasteiger partial charge in [-0.2, -0.15) is 0 Å². The molecule has 1 aliphatic rings. The number of carbonyl (C=O) groups is 1. The van der Waals surface area contributed by atoms with Crippen molar-refractivity contribution in [3.63, 3.8) is 0 Å². The minimum absolute atomic E-state index is 0.0553. The molecule has 2 atom stereocenters. The molecule has 1 N–H and O–H groups in total. The standard InChI is InChI=1S/C21H26N2O4S/c1-13-10-15(3)17(11-14(13)2)16(4)22-21(24)20-12-23(28(5,25)26)18-8-6-7-9-19(18)27-20/h6-11,16,20H,12H2,1-5H3,(H,22,24)/t16-,20+/m1/s1. The van der Waals surface area contributed by atoms with Crippen molar-refractivity contribution in [1.29, 1.82) is 0 Å². The lowest BCUT2D eigenvalue weighted by Crippen LogP contribution is -2.50. The molecule has 7 heteroatoms. The van der Waals surface area contributed by atoms with Crippen LogP contribution in [0.3, 0.4) is 0 Å². The molecule has 0 bridgehead atoms. The van der Waals surface area contributed by atoms with Gasteiger partial charge < -0.3 is 10.1 Å². The van der Waals surface area contributed by atoms with Crippen molar-refractivity contribution in [2.75, 3.05) is 17.1 Å². The van der Waals surface area contributed by atoms with Gasteiger partial charge in [0.2, 0.25) is 10.0 Å². The molecule has 0 aliphatic carbocycles. The zero-order valence-corrected chi connectivity index (χ0v) is 17.6. The van der Waals surface area contributed by atoms with Gasteiger partial charge in [0, 0.05) is 0 Å². The zero-order chi connectivity index (χ0) is 20.6. The number of aryl methyl sites for hydroxylation is 3. The molecule has 28 heavy (non-hydrogen) atoms. The monoisotopic (exact) mass is 402 g/mol. The highest BCUT2D eigenvalue weighted by Gasteiger charge is 2.35. The molecule has 0 unspecified atom stereocenters. The van der Waals surface area contributed by atoms with Gasteiger partial charge in [0.05, 0.1) is 24.5 Å². The Hall–Kier alpha value is -2.54. The van der Waals surface area contributed by atoms with Crippen molar-refractivity contribution in [3.05, 3.63) is 58.7 Å². The van der Waals surface area contributed by atoms with Crippen LogP contribution in [-0.2, 0) is 14.8 Å². The third-order valence-corrected chi connectivity index (χ3v) is 6.28. The van der Waals surface area contributed by atoms with Crippen molar-refractivity contribution in [1.82, 2.24) is 5.32 Å². The average Bonchev–Trinajstić information content (AvgIpc) is 2.62. The molecule has 0 saturated heterocycles. The molecule has 1 heterocycles. The summed E-state index contributed by atoms with van der Waals surface area (Å²) in [5, 5.41) is 2.97. The van der Waals surface area contributed by atoms with Crippen LogP contribution in [-0.4, -0.2) is 33.2 Å². The summed E-state index contributed by atoms with van der Waals surface area (Å²) in [6.07, 6.45) is 0.212. The van der Waals surface area contributed by atoms with E-state index in [1.165, 1.54) is 9.87 Å². The number of anilines is 1. The van der Waals surface area contributed by atoms with E-state index in [9.17, 15) is 13.2 Å². The molecule has 0 spiro atoms. The van der Waals surface area contributed by atoms with Crippen LogP contribution in [0, 0.1) is 20.8 Å². The minimum atomic E-state index is -3.53. The number of carbonyl (C=O) groups excluding carboxylic acids is 1. The predicted molar refractivity (Wildman–Crippen MR) is 110 cm³/mol. The van der Waals surface area contributed by atoms with Crippen molar-refractivity contribution in [2.45, 2.75) is 39.8 Å². The number of ether oxygens (including phenoxy) is 1. The van der Waals surface area contributed by atoms with E-state index < -0.39 is 16.1 Å².